The second kappa shape index (κ2) is 6.15. The van der Waals surface area contributed by atoms with Crippen molar-refractivity contribution in [3.8, 4) is 0 Å². The molecule has 128 valence electrons. The molecule has 10 nitrogen and oxygen atoms in total. The Morgan fingerprint density at radius 1 is 1.36 bits per heavy atom. The highest BCUT2D eigenvalue weighted by Gasteiger charge is 2.16. The average molecular weight is 342 g/mol. The van der Waals surface area contributed by atoms with E-state index in [2.05, 4.69) is 20.4 Å². The summed E-state index contributed by atoms with van der Waals surface area (Å²) in [6.07, 6.45) is 0. The van der Waals surface area contributed by atoms with Crippen LogP contribution in [-0.2, 0) is 0 Å². The summed E-state index contributed by atoms with van der Waals surface area (Å²) >= 11 is 0. The molecule has 10 heteroatoms. The average Bonchev–Trinajstić information content (AvgIpc) is 2.99. The van der Waals surface area contributed by atoms with Crippen LogP contribution in [0.15, 0.2) is 35.1 Å². The van der Waals surface area contributed by atoms with E-state index in [1.54, 1.807) is 0 Å². The van der Waals surface area contributed by atoms with Crippen LogP contribution in [0.5, 0.6) is 0 Å². The van der Waals surface area contributed by atoms with Crippen LogP contribution in [0.3, 0.4) is 0 Å². The lowest BCUT2D eigenvalue weighted by molar-refractivity contribution is -0.384. The van der Waals surface area contributed by atoms with Crippen LogP contribution in [-0.4, -0.2) is 30.4 Å². The molecule has 0 unspecified atom stereocenters. The number of rotatable bonds is 4. The molecule has 3 rings (SSSR count). The van der Waals surface area contributed by atoms with Gasteiger partial charge in [0.25, 0.3) is 17.2 Å². The number of H-pyrrole nitrogens is 1. The number of benzene rings is 1. The number of aromatic amines is 1. The lowest BCUT2D eigenvalue weighted by Crippen LogP contribution is -2.18. The molecule has 0 aliphatic carbocycles. The molecule has 0 fully saturated rings. The fraction of sp³-hybridized carbons (Fsp3) is 0.200. The van der Waals surface area contributed by atoms with Crippen molar-refractivity contribution in [2.24, 2.45) is 0 Å². The van der Waals surface area contributed by atoms with Gasteiger partial charge in [0.1, 0.15) is 5.82 Å². The molecule has 0 radical (unpaired) electrons. The fourth-order valence-electron chi connectivity index (χ4n) is 2.19. The molecule has 3 aromatic rings. The minimum Gasteiger partial charge on any atom is -0.306 e. The van der Waals surface area contributed by atoms with Gasteiger partial charge in [-0.3, -0.25) is 24.7 Å². The first-order chi connectivity index (χ1) is 11.8. The molecule has 2 aromatic heterocycles. The smallest absolute Gasteiger partial charge is 0.270 e. The van der Waals surface area contributed by atoms with Crippen molar-refractivity contribution in [1.82, 2.24) is 19.6 Å². The monoisotopic (exact) mass is 342 g/mol. The van der Waals surface area contributed by atoms with Crippen LogP contribution in [0.1, 0.15) is 35.9 Å². The summed E-state index contributed by atoms with van der Waals surface area (Å²) in [5, 5.41) is 17.6. The van der Waals surface area contributed by atoms with E-state index in [1.807, 2.05) is 13.8 Å². The van der Waals surface area contributed by atoms with Gasteiger partial charge in [-0.15, -0.1) is 5.10 Å². The van der Waals surface area contributed by atoms with Gasteiger partial charge in [0.15, 0.2) is 5.82 Å². The Labute approximate surface area is 140 Å². The Kier molecular flexibility index (Phi) is 4.01. The first kappa shape index (κ1) is 16.3. The van der Waals surface area contributed by atoms with Crippen molar-refractivity contribution in [3.05, 3.63) is 62.2 Å². The third-order valence-corrected chi connectivity index (χ3v) is 3.43. The van der Waals surface area contributed by atoms with Crippen molar-refractivity contribution in [2.45, 2.75) is 19.8 Å². The van der Waals surface area contributed by atoms with Gasteiger partial charge in [-0.2, -0.15) is 9.50 Å². The number of nitrogens with zero attached hydrogens (tertiary/aromatic N) is 4. The SMILES string of the molecule is CC(C)c1nc2[nH]c(=O)cc(NC(=O)c3cccc([N+](=O)[O-])c3)n2n1. The summed E-state index contributed by atoms with van der Waals surface area (Å²) in [6, 6.07) is 6.45. The maximum atomic E-state index is 12.4. The van der Waals surface area contributed by atoms with E-state index < -0.39 is 16.4 Å². The van der Waals surface area contributed by atoms with Crippen LogP contribution < -0.4 is 10.9 Å². The third-order valence-electron chi connectivity index (χ3n) is 3.43. The van der Waals surface area contributed by atoms with Crippen LogP contribution in [0.4, 0.5) is 11.5 Å². The number of hydrogen-bond donors (Lipinski definition) is 2. The molecule has 2 N–H and O–H groups in total. The quantitative estimate of drug-likeness (QED) is 0.547. The number of aromatic nitrogens is 4. The topological polar surface area (TPSA) is 135 Å². The molecule has 0 atom stereocenters. The first-order valence-electron chi connectivity index (χ1n) is 7.41. The van der Waals surface area contributed by atoms with Gasteiger partial charge < -0.3 is 5.32 Å². The number of carbonyl (C=O) groups excluding carboxylic acids is 1. The van der Waals surface area contributed by atoms with Gasteiger partial charge in [-0.05, 0) is 6.07 Å². The maximum Gasteiger partial charge on any atom is 0.270 e. The van der Waals surface area contributed by atoms with Gasteiger partial charge in [0.2, 0.25) is 5.78 Å². The number of anilines is 1. The summed E-state index contributed by atoms with van der Waals surface area (Å²) in [7, 11) is 0. The van der Waals surface area contributed by atoms with Gasteiger partial charge in [0.05, 0.1) is 4.92 Å². The standard InChI is InChI=1S/C15H14N6O4/c1-8(2)13-18-15-17-12(22)7-11(20(15)19-13)16-14(23)9-4-3-5-10(6-9)21(24)25/h3-8H,1-2H3,(H,16,23)(H,17,18,19,22). The highest BCUT2D eigenvalue weighted by atomic mass is 16.6. The highest BCUT2D eigenvalue weighted by Crippen LogP contribution is 2.16. The number of non-ortho nitro benzene ring substituents is 1. The Bertz CT molecular complexity index is 1040. The van der Waals surface area contributed by atoms with Crippen LogP contribution in [0.2, 0.25) is 0 Å². The highest BCUT2D eigenvalue weighted by molar-refractivity contribution is 6.04. The van der Waals surface area contributed by atoms with E-state index in [0.717, 1.165) is 6.07 Å². The summed E-state index contributed by atoms with van der Waals surface area (Å²) in [5.74, 6) is 0.258. The van der Waals surface area contributed by atoms with Gasteiger partial charge in [-0.1, -0.05) is 19.9 Å². The molecule has 25 heavy (non-hydrogen) atoms. The predicted molar refractivity (Wildman–Crippen MR) is 88.7 cm³/mol. The Hall–Kier alpha value is -3.56. The summed E-state index contributed by atoms with van der Waals surface area (Å²) in [5.41, 5.74) is -0.567. The third kappa shape index (κ3) is 3.22. The molecule has 0 bridgehead atoms. The van der Waals surface area contributed by atoms with Gasteiger partial charge in [-0.25, -0.2) is 0 Å². The molecule has 1 amide bonds. The molecular weight excluding hydrogens is 328 g/mol. The van der Waals surface area contributed by atoms with Gasteiger partial charge in [0, 0.05) is 29.7 Å². The first-order valence-corrected chi connectivity index (χ1v) is 7.41. The maximum absolute atomic E-state index is 12.4. The molecule has 0 saturated carbocycles. The van der Waals surface area contributed by atoms with E-state index >= 15 is 0 Å². The summed E-state index contributed by atoms with van der Waals surface area (Å²) < 4.78 is 1.31. The molecule has 0 spiro atoms. The second-order valence-corrected chi connectivity index (χ2v) is 5.64. The number of nitro benzene ring substituents is 1. The van der Waals surface area contributed by atoms with E-state index in [-0.39, 0.29) is 28.8 Å². The zero-order valence-corrected chi connectivity index (χ0v) is 13.4. The Balaban J connectivity index is 1.99. The van der Waals surface area contributed by atoms with Crippen molar-refractivity contribution in [2.75, 3.05) is 5.32 Å². The van der Waals surface area contributed by atoms with Crippen molar-refractivity contribution >= 4 is 23.2 Å². The van der Waals surface area contributed by atoms with E-state index in [9.17, 15) is 19.7 Å². The Morgan fingerprint density at radius 2 is 2.12 bits per heavy atom. The van der Waals surface area contributed by atoms with Crippen LogP contribution in [0.25, 0.3) is 5.78 Å². The zero-order valence-electron chi connectivity index (χ0n) is 13.4. The Morgan fingerprint density at radius 3 is 2.80 bits per heavy atom. The number of nitrogens with one attached hydrogen (secondary N) is 2. The number of amides is 1. The molecular formula is C15H14N6O4. The molecule has 0 saturated heterocycles. The van der Waals surface area contributed by atoms with Gasteiger partial charge >= 0.3 is 0 Å². The predicted octanol–water partition coefficient (Wildman–Crippen LogP) is 1.70. The molecule has 0 aliphatic rings. The molecule has 0 aliphatic heterocycles. The van der Waals surface area contributed by atoms with E-state index in [4.69, 9.17) is 0 Å². The lowest BCUT2D eigenvalue weighted by atomic mass is 10.2. The van der Waals surface area contributed by atoms with Crippen molar-refractivity contribution < 1.29 is 9.72 Å². The number of nitro groups is 1. The summed E-state index contributed by atoms with van der Waals surface area (Å²) in [6.45, 7) is 3.79. The molecule has 1 aromatic carbocycles. The zero-order chi connectivity index (χ0) is 18.1. The van der Waals surface area contributed by atoms with E-state index in [1.165, 1.54) is 28.8 Å². The van der Waals surface area contributed by atoms with Crippen LogP contribution in [0, 0.1) is 10.1 Å². The minimum absolute atomic E-state index is 0.0312. The fourth-order valence-corrected chi connectivity index (χ4v) is 2.19. The number of carbonyl (C=O) groups is 1. The second-order valence-electron chi connectivity index (χ2n) is 5.64. The summed E-state index contributed by atoms with van der Waals surface area (Å²) in [4.78, 5) is 41.1. The van der Waals surface area contributed by atoms with E-state index in [0.29, 0.717) is 5.82 Å². The normalized spacial score (nSPS) is 11.0. The van der Waals surface area contributed by atoms with Crippen molar-refractivity contribution in [1.29, 1.82) is 0 Å². The molecule has 2 heterocycles. The lowest BCUT2D eigenvalue weighted by Gasteiger charge is -2.06. The van der Waals surface area contributed by atoms with Crippen molar-refractivity contribution in [3.63, 3.8) is 0 Å². The van der Waals surface area contributed by atoms with Crippen LogP contribution >= 0.6 is 0 Å². The number of fused-ring (bicyclic) bond motifs is 1. The minimum atomic E-state index is -0.600. The largest absolute Gasteiger partial charge is 0.306 e. The number of hydrogen-bond acceptors (Lipinski definition) is 6.